The number of aromatic nitrogens is 1. The molecule has 0 aliphatic heterocycles. The van der Waals surface area contributed by atoms with E-state index in [1.807, 2.05) is 32.0 Å². The smallest absolute Gasteiger partial charge is 0.273 e. The van der Waals surface area contributed by atoms with Gasteiger partial charge in [0.25, 0.3) is 5.56 Å². The van der Waals surface area contributed by atoms with Gasteiger partial charge in [0.2, 0.25) is 0 Å². The van der Waals surface area contributed by atoms with Crippen LogP contribution in [0.15, 0.2) is 70.3 Å². The lowest BCUT2D eigenvalue weighted by molar-refractivity contribution is 0.476. The maximum atomic E-state index is 12.4. The maximum absolute atomic E-state index is 12.4. The molecule has 2 aromatic carbocycles. The van der Waals surface area contributed by atoms with Gasteiger partial charge in [-0.05, 0) is 49.2 Å². The molecule has 0 fully saturated rings. The molecule has 0 bridgehead atoms. The molecule has 0 amide bonds. The summed E-state index contributed by atoms with van der Waals surface area (Å²) in [6.45, 7) is 7.30. The summed E-state index contributed by atoms with van der Waals surface area (Å²) in [4.78, 5) is 12.4. The van der Waals surface area contributed by atoms with Gasteiger partial charge in [0.1, 0.15) is 17.2 Å². The molecular formula is C23H24N2O4S. The molecule has 3 aromatic rings. The summed E-state index contributed by atoms with van der Waals surface area (Å²) in [6.07, 6.45) is 1.65. The van der Waals surface area contributed by atoms with Crippen LogP contribution in [0, 0.1) is 13.8 Å². The zero-order chi connectivity index (χ0) is 22.1. The summed E-state index contributed by atoms with van der Waals surface area (Å²) in [5.74, 6) is 1.19. The van der Waals surface area contributed by atoms with Gasteiger partial charge in [-0.3, -0.25) is 4.79 Å². The zero-order valence-electron chi connectivity index (χ0n) is 17.4. The number of rotatable bonds is 6. The van der Waals surface area contributed by atoms with E-state index in [4.69, 9.17) is 4.74 Å². The fourth-order valence-electron chi connectivity index (χ4n) is 3.21. The second kappa shape index (κ2) is 8.20. The van der Waals surface area contributed by atoms with Crippen molar-refractivity contribution in [1.29, 1.82) is 0 Å². The minimum absolute atomic E-state index is 0.0983. The molecule has 30 heavy (non-hydrogen) atoms. The fraction of sp³-hybridized carbons (Fsp3) is 0.174. The largest absolute Gasteiger partial charge is 0.456 e. The Morgan fingerprint density at radius 2 is 1.77 bits per heavy atom. The van der Waals surface area contributed by atoms with Crippen molar-refractivity contribution in [3.05, 3.63) is 82.1 Å². The van der Waals surface area contributed by atoms with Crippen LogP contribution in [0.2, 0.25) is 0 Å². The first-order chi connectivity index (χ1) is 14.2. The van der Waals surface area contributed by atoms with Crippen molar-refractivity contribution in [2.24, 2.45) is 7.05 Å². The number of nitrogens with zero attached hydrogens (tertiary/aromatic N) is 1. The van der Waals surface area contributed by atoms with Crippen LogP contribution in [0.3, 0.4) is 0 Å². The van der Waals surface area contributed by atoms with Crippen molar-refractivity contribution in [2.75, 3.05) is 12.4 Å². The Bertz CT molecular complexity index is 1270. The summed E-state index contributed by atoms with van der Waals surface area (Å²) in [5, 5.41) is 3.80. The summed E-state index contributed by atoms with van der Waals surface area (Å²) in [7, 11) is -0.343. The highest BCUT2D eigenvalue weighted by molar-refractivity contribution is 7.94. The van der Waals surface area contributed by atoms with E-state index in [9.17, 15) is 13.2 Å². The minimum Gasteiger partial charge on any atom is -0.456 e. The third-order valence-corrected chi connectivity index (χ3v) is 6.23. The first-order valence-corrected chi connectivity index (χ1v) is 10.9. The number of nitrogens with one attached hydrogen (secondary N) is 1. The summed E-state index contributed by atoms with van der Waals surface area (Å²) >= 11 is 0. The molecule has 1 N–H and O–H groups in total. The van der Waals surface area contributed by atoms with Crippen LogP contribution in [0.4, 0.5) is 5.69 Å². The number of para-hydroxylation sites is 1. The molecule has 6 nitrogen and oxygen atoms in total. The number of hydrogen-bond acceptors (Lipinski definition) is 5. The van der Waals surface area contributed by atoms with Crippen LogP contribution in [0.5, 0.6) is 11.5 Å². The van der Waals surface area contributed by atoms with E-state index >= 15 is 0 Å². The molecule has 0 radical (unpaired) electrons. The Kier molecular flexibility index (Phi) is 5.85. The number of sulfone groups is 1. The van der Waals surface area contributed by atoms with Crippen LogP contribution in [0.25, 0.3) is 11.1 Å². The third kappa shape index (κ3) is 4.02. The number of benzene rings is 2. The Labute approximate surface area is 176 Å². The van der Waals surface area contributed by atoms with Gasteiger partial charge in [0.05, 0.1) is 4.90 Å². The van der Waals surface area contributed by atoms with Crippen molar-refractivity contribution in [1.82, 2.24) is 4.57 Å². The maximum Gasteiger partial charge on any atom is 0.273 e. The second-order valence-corrected chi connectivity index (χ2v) is 8.90. The number of hydrogen-bond donors (Lipinski definition) is 1. The zero-order valence-corrected chi connectivity index (χ0v) is 18.2. The number of ether oxygens (including phenoxy) is 1. The molecule has 0 unspecified atom stereocenters. The van der Waals surface area contributed by atoms with Gasteiger partial charge < -0.3 is 14.6 Å². The van der Waals surface area contributed by atoms with Crippen LogP contribution < -0.4 is 15.6 Å². The molecule has 1 aromatic heterocycles. The predicted molar refractivity (Wildman–Crippen MR) is 120 cm³/mol. The lowest BCUT2D eigenvalue weighted by Crippen LogP contribution is -2.19. The van der Waals surface area contributed by atoms with E-state index in [1.165, 1.54) is 10.6 Å². The standard InChI is InChI=1S/C23H24N2O4S/c1-6-30(27,28)18-10-11-21(29-22-15(2)8-7-9-16(22)3)19(13-18)17-12-20(24-4)23(26)25(5)14-17/h6-14,24H,1H2,2-5H3. The predicted octanol–water partition coefficient (Wildman–Crippen LogP) is 4.42. The lowest BCUT2D eigenvalue weighted by Gasteiger charge is -2.17. The molecule has 3 rings (SSSR count). The SMILES string of the molecule is C=CS(=O)(=O)c1ccc(Oc2c(C)cccc2C)c(-c2cc(NC)c(=O)n(C)c2)c1. The molecule has 0 spiro atoms. The van der Waals surface area contributed by atoms with Crippen LogP contribution in [-0.4, -0.2) is 20.0 Å². The molecule has 156 valence electrons. The first-order valence-electron chi connectivity index (χ1n) is 9.32. The van der Waals surface area contributed by atoms with Crippen LogP contribution in [0.1, 0.15) is 11.1 Å². The highest BCUT2D eigenvalue weighted by atomic mass is 32.2. The second-order valence-electron chi connectivity index (χ2n) is 7.00. The fourth-order valence-corrected chi connectivity index (χ4v) is 3.94. The van der Waals surface area contributed by atoms with E-state index in [0.29, 0.717) is 28.3 Å². The normalized spacial score (nSPS) is 11.2. The molecule has 0 aliphatic carbocycles. The molecule has 1 heterocycles. The molecule has 7 heteroatoms. The molecule has 0 aliphatic rings. The van der Waals surface area contributed by atoms with Crippen molar-refractivity contribution in [3.63, 3.8) is 0 Å². The minimum atomic E-state index is -3.64. The Morgan fingerprint density at radius 1 is 1.10 bits per heavy atom. The number of anilines is 1. The Hall–Kier alpha value is -3.32. The highest BCUT2D eigenvalue weighted by Crippen LogP contribution is 2.38. The topological polar surface area (TPSA) is 77.4 Å². The van der Waals surface area contributed by atoms with E-state index in [2.05, 4.69) is 11.9 Å². The molecule has 0 saturated heterocycles. The number of pyridine rings is 1. The van der Waals surface area contributed by atoms with Crippen LogP contribution in [-0.2, 0) is 16.9 Å². The van der Waals surface area contributed by atoms with Gasteiger partial charge in [-0.1, -0.05) is 24.8 Å². The van der Waals surface area contributed by atoms with Crippen molar-refractivity contribution >= 4 is 15.5 Å². The molecular weight excluding hydrogens is 400 g/mol. The van der Waals surface area contributed by atoms with Crippen molar-refractivity contribution < 1.29 is 13.2 Å². The van der Waals surface area contributed by atoms with Gasteiger partial charge >= 0.3 is 0 Å². The summed E-state index contributed by atoms with van der Waals surface area (Å²) < 4.78 is 32.4. The third-order valence-electron chi connectivity index (χ3n) is 4.88. The average molecular weight is 425 g/mol. The first kappa shape index (κ1) is 21.4. The Morgan fingerprint density at radius 3 is 2.37 bits per heavy atom. The lowest BCUT2D eigenvalue weighted by atomic mass is 10.1. The Balaban J connectivity index is 2.28. The van der Waals surface area contributed by atoms with Gasteiger partial charge in [0.15, 0.2) is 9.84 Å². The van der Waals surface area contributed by atoms with Gasteiger partial charge in [-0.25, -0.2) is 8.42 Å². The monoisotopic (exact) mass is 424 g/mol. The summed E-state index contributed by atoms with van der Waals surface area (Å²) in [6, 6.07) is 12.2. The molecule has 0 saturated carbocycles. The van der Waals surface area contributed by atoms with E-state index in [1.54, 1.807) is 38.5 Å². The molecule has 0 atom stereocenters. The van der Waals surface area contributed by atoms with E-state index < -0.39 is 9.84 Å². The highest BCUT2D eigenvalue weighted by Gasteiger charge is 2.18. The van der Waals surface area contributed by atoms with E-state index in [-0.39, 0.29) is 10.5 Å². The van der Waals surface area contributed by atoms with Gasteiger partial charge in [-0.15, -0.1) is 0 Å². The van der Waals surface area contributed by atoms with Crippen molar-refractivity contribution in [3.8, 4) is 22.6 Å². The van der Waals surface area contributed by atoms with Crippen molar-refractivity contribution in [2.45, 2.75) is 18.7 Å². The van der Waals surface area contributed by atoms with Gasteiger partial charge in [0, 0.05) is 36.8 Å². The number of aryl methyl sites for hydroxylation is 3. The quantitative estimate of drug-likeness (QED) is 0.634. The summed E-state index contributed by atoms with van der Waals surface area (Å²) in [5.41, 5.74) is 3.31. The van der Waals surface area contributed by atoms with E-state index in [0.717, 1.165) is 16.5 Å². The average Bonchev–Trinajstić information content (AvgIpc) is 2.72. The van der Waals surface area contributed by atoms with Gasteiger partial charge in [-0.2, -0.15) is 0 Å². The van der Waals surface area contributed by atoms with Crippen LogP contribution >= 0.6 is 0 Å².